The van der Waals surface area contributed by atoms with Crippen molar-refractivity contribution >= 4 is 62.8 Å². The molecule has 0 unspecified atom stereocenters. The highest BCUT2D eigenvalue weighted by molar-refractivity contribution is 6.30. The number of anilines is 3. The van der Waals surface area contributed by atoms with E-state index >= 15 is 0 Å². The molecule has 8 heteroatoms. The average molecular weight is 528 g/mol. The van der Waals surface area contributed by atoms with Gasteiger partial charge in [0.2, 0.25) is 0 Å². The van der Waals surface area contributed by atoms with Crippen LogP contribution in [-0.2, 0) is 19.3 Å². The summed E-state index contributed by atoms with van der Waals surface area (Å²) in [7, 11) is 0. The topological polar surface area (TPSA) is 80.6 Å². The first-order valence-corrected chi connectivity index (χ1v) is 12.2. The monoisotopic (exact) mass is 527 g/mol. The summed E-state index contributed by atoms with van der Waals surface area (Å²) in [5.41, 5.74) is 5.60. The van der Waals surface area contributed by atoms with Crippen molar-refractivity contribution in [3.63, 3.8) is 0 Å². The number of carbonyl (C=O) groups excluding carboxylic acids is 2. The van der Waals surface area contributed by atoms with Crippen LogP contribution in [0.3, 0.4) is 0 Å². The second-order valence-corrected chi connectivity index (χ2v) is 8.99. The number of rotatable bonds is 7. The van der Waals surface area contributed by atoms with Crippen LogP contribution in [0, 0.1) is 0 Å². The Morgan fingerprint density at radius 2 is 1.18 bits per heavy atom. The van der Waals surface area contributed by atoms with Crippen LogP contribution >= 0.6 is 11.6 Å². The zero-order valence-corrected chi connectivity index (χ0v) is 22.2. The second-order valence-electron chi connectivity index (χ2n) is 8.56. The summed E-state index contributed by atoms with van der Waals surface area (Å²) in [6, 6.07) is 27.4. The summed E-state index contributed by atoms with van der Waals surface area (Å²) >= 11 is 6.20. The van der Waals surface area contributed by atoms with Crippen molar-refractivity contribution in [1.29, 1.82) is 0 Å². The molecule has 7 nitrogen and oxygen atoms in total. The van der Waals surface area contributed by atoms with Crippen molar-refractivity contribution in [2.45, 2.75) is 27.7 Å². The quantitative estimate of drug-likeness (QED) is 0.141. The van der Waals surface area contributed by atoms with Crippen LogP contribution in [-0.4, -0.2) is 23.4 Å². The zero-order chi connectivity index (χ0) is 27.2. The highest BCUT2D eigenvalue weighted by Crippen LogP contribution is 2.40. The van der Waals surface area contributed by atoms with Crippen LogP contribution in [0.4, 0.5) is 17.1 Å². The molecule has 192 valence electrons. The molecule has 0 fully saturated rings. The van der Waals surface area contributed by atoms with Crippen LogP contribution in [0.1, 0.15) is 38.8 Å². The molecule has 0 saturated heterocycles. The van der Waals surface area contributed by atoms with Crippen molar-refractivity contribution in [2.75, 3.05) is 4.90 Å². The van der Waals surface area contributed by atoms with E-state index < -0.39 is 11.9 Å². The standard InChI is InChI=1S/C30H26ClN3O4/c1-19(32-37-21(3)35)23-9-13-25(14-10-23)34(26-15-11-24(31)12-16-26)30-18-17-27(20(2)33-38-22(4)36)28-7-5-6-8-29(28)30/h5-18H,1-4H3/b32-19-,33-20-. The average Bonchev–Trinajstić information content (AvgIpc) is 2.92. The van der Waals surface area contributed by atoms with Gasteiger partial charge in [-0.05, 0) is 67.3 Å². The van der Waals surface area contributed by atoms with E-state index in [-0.39, 0.29) is 0 Å². The summed E-state index contributed by atoms with van der Waals surface area (Å²) in [5, 5.41) is 10.5. The minimum atomic E-state index is -0.476. The molecular weight excluding hydrogens is 502 g/mol. The van der Waals surface area contributed by atoms with Gasteiger partial charge in [0.1, 0.15) is 0 Å². The van der Waals surface area contributed by atoms with Crippen LogP contribution in [0.5, 0.6) is 0 Å². The first-order chi connectivity index (χ1) is 18.2. The number of halogens is 1. The lowest BCUT2D eigenvalue weighted by atomic mass is 9.98. The minimum Gasteiger partial charge on any atom is -0.318 e. The Morgan fingerprint density at radius 3 is 1.76 bits per heavy atom. The van der Waals surface area contributed by atoms with Crippen LogP contribution < -0.4 is 4.90 Å². The van der Waals surface area contributed by atoms with Gasteiger partial charge < -0.3 is 14.6 Å². The maximum absolute atomic E-state index is 11.3. The predicted octanol–water partition coefficient (Wildman–Crippen LogP) is 7.54. The van der Waals surface area contributed by atoms with E-state index in [1.54, 1.807) is 13.8 Å². The number of carbonyl (C=O) groups is 2. The molecule has 0 aliphatic carbocycles. The Hall–Kier alpha value is -4.49. The molecule has 0 bridgehead atoms. The zero-order valence-electron chi connectivity index (χ0n) is 21.4. The largest absolute Gasteiger partial charge is 0.331 e. The van der Waals surface area contributed by atoms with Crippen molar-refractivity contribution in [2.24, 2.45) is 10.3 Å². The fourth-order valence-electron chi connectivity index (χ4n) is 4.03. The molecule has 0 atom stereocenters. The molecule has 4 aromatic carbocycles. The van der Waals surface area contributed by atoms with E-state index in [0.29, 0.717) is 16.4 Å². The van der Waals surface area contributed by atoms with Gasteiger partial charge in [-0.2, -0.15) is 0 Å². The van der Waals surface area contributed by atoms with Gasteiger partial charge >= 0.3 is 11.9 Å². The van der Waals surface area contributed by atoms with Crippen molar-refractivity contribution in [3.8, 4) is 0 Å². The smallest absolute Gasteiger partial charge is 0.318 e. The molecule has 0 aliphatic rings. The third kappa shape index (κ3) is 6.07. The fraction of sp³-hybridized carbons (Fsp3) is 0.133. The minimum absolute atomic E-state index is 0.474. The lowest BCUT2D eigenvalue weighted by Crippen LogP contribution is -2.11. The van der Waals surface area contributed by atoms with Gasteiger partial charge in [-0.1, -0.05) is 64.4 Å². The van der Waals surface area contributed by atoms with E-state index in [4.69, 9.17) is 21.3 Å². The molecule has 0 radical (unpaired) electrons. The van der Waals surface area contributed by atoms with Crippen molar-refractivity contribution in [1.82, 2.24) is 0 Å². The van der Waals surface area contributed by atoms with Gasteiger partial charge in [0.25, 0.3) is 0 Å². The summed E-state index contributed by atoms with van der Waals surface area (Å²) in [4.78, 5) is 34.2. The van der Waals surface area contributed by atoms with Crippen LogP contribution in [0.2, 0.25) is 5.02 Å². The third-order valence-electron chi connectivity index (χ3n) is 5.78. The summed E-state index contributed by atoms with van der Waals surface area (Å²) in [6.45, 7) is 6.21. The lowest BCUT2D eigenvalue weighted by molar-refractivity contribution is -0.141. The van der Waals surface area contributed by atoms with E-state index in [0.717, 1.165) is 39.0 Å². The second kappa shape index (κ2) is 11.7. The fourth-order valence-corrected chi connectivity index (χ4v) is 4.16. The van der Waals surface area contributed by atoms with Gasteiger partial charge in [0.05, 0.1) is 17.1 Å². The normalized spacial score (nSPS) is 11.8. The Labute approximate surface area is 225 Å². The molecule has 0 amide bonds. The Kier molecular flexibility index (Phi) is 8.19. The predicted molar refractivity (Wildman–Crippen MR) is 152 cm³/mol. The molecule has 0 heterocycles. The van der Waals surface area contributed by atoms with Crippen molar-refractivity contribution in [3.05, 3.63) is 101 Å². The van der Waals surface area contributed by atoms with Gasteiger partial charge in [-0.25, -0.2) is 9.59 Å². The molecule has 4 aromatic rings. The number of fused-ring (bicyclic) bond motifs is 1. The van der Waals surface area contributed by atoms with Crippen LogP contribution in [0.25, 0.3) is 10.8 Å². The molecular formula is C30H26ClN3O4. The summed E-state index contributed by atoms with van der Waals surface area (Å²) in [5.74, 6) is -0.950. The molecule has 4 rings (SSSR count). The maximum atomic E-state index is 11.3. The summed E-state index contributed by atoms with van der Waals surface area (Å²) in [6.07, 6.45) is 0. The number of hydrogen-bond donors (Lipinski definition) is 0. The highest BCUT2D eigenvalue weighted by atomic mass is 35.5. The Bertz CT molecular complexity index is 1540. The number of hydrogen-bond acceptors (Lipinski definition) is 7. The van der Waals surface area contributed by atoms with E-state index in [9.17, 15) is 9.59 Å². The van der Waals surface area contributed by atoms with Gasteiger partial charge in [0, 0.05) is 41.2 Å². The number of benzene rings is 4. The highest BCUT2D eigenvalue weighted by Gasteiger charge is 2.18. The molecule has 0 saturated carbocycles. The molecule has 0 aromatic heterocycles. The van der Waals surface area contributed by atoms with Gasteiger partial charge in [-0.3, -0.25) is 0 Å². The van der Waals surface area contributed by atoms with Crippen molar-refractivity contribution < 1.29 is 19.3 Å². The van der Waals surface area contributed by atoms with Gasteiger partial charge in [-0.15, -0.1) is 0 Å². The van der Waals surface area contributed by atoms with E-state index in [2.05, 4.69) is 15.2 Å². The number of oxime groups is 2. The molecule has 38 heavy (non-hydrogen) atoms. The SMILES string of the molecule is CC(=O)O/N=C(/C)c1ccc(N(c2ccc(Cl)cc2)c2ccc(/C(C)=N\OC(C)=O)c3ccccc23)cc1. The Balaban J connectivity index is 1.85. The van der Waals surface area contributed by atoms with E-state index in [1.165, 1.54) is 13.8 Å². The molecule has 0 N–H and O–H groups in total. The first-order valence-electron chi connectivity index (χ1n) is 11.9. The first kappa shape index (κ1) is 26.6. The van der Waals surface area contributed by atoms with Crippen LogP contribution in [0.15, 0.2) is 95.2 Å². The third-order valence-corrected chi connectivity index (χ3v) is 6.03. The maximum Gasteiger partial charge on any atom is 0.331 e. The summed E-state index contributed by atoms with van der Waals surface area (Å²) < 4.78 is 0. The van der Waals surface area contributed by atoms with Gasteiger partial charge in [0.15, 0.2) is 0 Å². The molecule has 0 spiro atoms. The van der Waals surface area contributed by atoms with E-state index in [1.807, 2.05) is 84.9 Å². The lowest BCUT2D eigenvalue weighted by Gasteiger charge is -2.27. The Morgan fingerprint density at radius 1 is 0.658 bits per heavy atom. The molecule has 0 aliphatic heterocycles. The number of nitrogens with zero attached hydrogens (tertiary/aromatic N) is 3.